The van der Waals surface area contributed by atoms with Gasteiger partial charge in [0.15, 0.2) is 0 Å². The number of fused-ring (bicyclic) bond motifs is 1. The first-order valence-corrected chi connectivity index (χ1v) is 9.62. The molecule has 0 spiro atoms. The van der Waals surface area contributed by atoms with Crippen LogP contribution in [0, 0.1) is 10.8 Å². The molecule has 0 aliphatic heterocycles. The molecule has 0 aliphatic carbocycles. The van der Waals surface area contributed by atoms with Gasteiger partial charge in [-0.25, -0.2) is 0 Å². The van der Waals surface area contributed by atoms with E-state index in [0.29, 0.717) is 30.6 Å². The number of ether oxygens (including phenoxy) is 1. The molecule has 0 aliphatic rings. The third-order valence-electron chi connectivity index (χ3n) is 4.99. The number of aromatic nitrogens is 1. The van der Waals surface area contributed by atoms with E-state index in [0.717, 1.165) is 34.1 Å². The second-order valence-electron chi connectivity index (χ2n) is 6.97. The molecule has 0 fully saturated rings. The summed E-state index contributed by atoms with van der Waals surface area (Å²) in [5, 5.41) is 19.6. The maximum absolute atomic E-state index is 11.3. The highest BCUT2D eigenvalue weighted by Crippen LogP contribution is 2.31. The lowest BCUT2D eigenvalue weighted by Crippen LogP contribution is -2.21. The molecule has 0 saturated heterocycles. The van der Waals surface area contributed by atoms with Gasteiger partial charge in [-0.3, -0.25) is 15.6 Å². The van der Waals surface area contributed by atoms with E-state index in [2.05, 4.69) is 15.0 Å². The van der Waals surface area contributed by atoms with Gasteiger partial charge in [-0.2, -0.15) is 0 Å². The van der Waals surface area contributed by atoms with Crippen molar-refractivity contribution in [2.75, 3.05) is 20.2 Å². The van der Waals surface area contributed by atoms with Crippen LogP contribution in [-0.4, -0.2) is 42.8 Å². The summed E-state index contributed by atoms with van der Waals surface area (Å²) in [5.74, 6) is -0.193. The molecular formula is C22H28Cl2N6O2. The lowest BCUT2D eigenvalue weighted by Gasteiger charge is -2.08. The molecule has 0 unspecified atom stereocenters. The van der Waals surface area contributed by atoms with Crippen LogP contribution in [0.25, 0.3) is 22.2 Å². The Morgan fingerprint density at radius 2 is 1.62 bits per heavy atom. The maximum atomic E-state index is 11.3. The van der Waals surface area contributed by atoms with Gasteiger partial charge in [0.2, 0.25) is 0 Å². The Kier molecular flexibility index (Phi) is 10.2. The first-order chi connectivity index (χ1) is 14.4. The first kappa shape index (κ1) is 27.0. The molecule has 0 bridgehead atoms. The molecule has 172 valence electrons. The molecule has 0 atom stereocenters. The lowest BCUT2D eigenvalue weighted by molar-refractivity contribution is -0.140. The van der Waals surface area contributed by atoms with Crippen molar-refractivity contribution in [1.29, 1.82) is 10.8 Å². The summed E-state index contributed by atoms with van der Waals surface area (Å²) in [6.07, 6.45) is 1.07. The third-order valence-corrected chi connectivity index (χ3v) is 4.99. The number of amidine groups is 2. The van der Waals surface area contributed by atoms with Crippen LogP contribution in [0.2, 0.25) is 0 Å². The molecule has 0 saturated carbocycles. The molecule has 0 amide bonds. The molecule has 3 aromatic rings. The fourth-order valence-electron chi connectivity index (χ4n) is 3.38. The van der Waals surface area contributed by atoms with E-state index >= 15 is 0 Å². The highest BCUT2D eigenvalue weighted by atomic mass is 35.5. The minimum absolute atomic E-state index is 0. The average Bonchev–Trinajstić information content (AvgIpc) is 3.11. The Bertz CT molecular complexity index is 1100. The van der Waals surface area contributed by atoms with Crippen molar-refractivity contribution in [3.63, 3.8) is 0 Å². The zero-order chi connectivity index (χ0) is 21.7. The summed E-state index contributed by atoms with van der Waals surface area (Å²) in [6, 6.07) is 13.2. The van der Waals surface area contributed by atoms with Gasteiger partial charge >= 0.3 is 5.97 Å². The highest BCUT2D eigenvalue weighted by molar-refractivity contribution is 6.01. The number of hydrogen-bond acceptors (Lipinski definition) is 5. The van der Waals surface area contributed by atoms with Gasteiger partial charge in [-0.1, -0.05) is 36.4 Å². The molecular weight excluding hydrogens is 451 g/mol. The standard InChI is InChI=1S/C22H26N6O2.2ClH/c1-30-19(29)9-11-27-10-8-17-16-7-6-15(22(25)26)12-18(16)28-20(17)13-2-4-14(5-3-13)21(23)24;;/h2-7,12,27-28H,8-11H2,1H3,(H3,23,24)(H3,25,26);2*1H. The number of aromatic amines is 1. The van der Waals surface area contributed by atoms with Crippen molar-refractivity contribution in [3.8, 4) is 11.3 Å². The predicted octanol–water partition coefficient (Wildman–Crippen LogP) is 2.94. The molecule has 8 nitrogen and oxygen atoms in total. The minimum Gasteiger partial charge on any atom is -0.469 e. The van der Waals surface area contributed by atoms with Crippen molar-refractivity contribution in [1.82, 2.24) is 10.3 Å². The summed E-state index contributed by atoms with van der Waals surface area (Å²) in [6.45, 7) is 1.24. The van der Waals surface area contributed by atoms with E-state index in [9.17, 15) is 4.79 Å². The molecule has 1 heterocycles. The number of nitrogens with two attached hydrogens (primary N) is 2. The van der Waals surface area contributed by atoms with Gasteiger partial charge in [-0.15, -0.1) is 24.8 Å². The molecule has 3 rings (SSSR count). The lowest BCUT2D eigenvalue weighted by atomic mass is 10.0. The number of nitrogens with one attached hydrogen (secondary N) is 4. The monoisotopic (exact) mass is 478 g/mol. The Morgan fingerprint density at radius 1 is 1.00 bits per heavy atom. The van der Waals surface area contributed by atoms with E-state index in [1.165, 1.54) is 7.11 Å². The van der Waals surface area contributed by atoms with Crippen LogP contribution in [0.5, 0.6) is 0 Å². The summed E-state index contributed by atoms with van der Waals surface area (Å²) in [7, 11) is 1.38. The maximum Gasteiger partial charge on any atom is 0.306 e. The third kappa shape index (κ3) is 6.23. The largest absolute Gasteiger partial charge is 0.469 e. The predicted molar refractivity (Wildman–Crippen MR) is 133 cm³/mol. The number of rotatable bonds is 9. The SMILES string of the molecule is COC(=O)CCNCCc1c(-c2ccc(C(=N)N)cc2)[nH]c2cc(C(=N)N)ccc12.Cl.Cl. The number of esters is 1. The Balaban J connectivity index is 0.00000256. The average molecular weight is 479 g/mol. The van der Waals surface area contributed by atoms with Crippen LogP contribution < -0.4 is 16.8 Å². The molecule has 10 heteroatoms. The molecule has 1 aromatic heterocycles. The molecule has 32 heavy (non-hydrogen) atoms. The number of halogens is 2. The van der Waals surface area contributed by atoms with Crippen molar-refractivity contribution >= 4 is 53.4 Å². The zero-order valence-corrected chi connectivity index (χ0v) is 19.3. The van der Waals surface area contributed by atoms with Gasteiger partial charge in [-0.05, 0) is 30.2 Å². The van der Waals surface area contributed by atoms with Crippen molar-refractivity contribution < 1.29 is 9.53 Å². The number of benzene rings is 2. The summed E-state index contributed by atoms with van der Waals surface area (Å²) >= 11 is 0. The quantitative estimate of drug-likeness (QED) is 0.121. The Morgan fingerprint density at radius 3 is 2.22 bits per heavy atom. The summed E-state index contributed by atoms with van der Waals surface area (Å²) in [4.78, 5) is 14.7. The second kappa shape index (κ2) is 12.1. The molecule has 0 radical (unpaired) electrons. The number of carbonyl (C=O) groups is 1. The molecule has 8 N–H and O–H groups in total. The van der Waals surface area contributed by atoms with Crippen LogP contribution in [0.1, 0.15) is 23.1 Å². The smallest absolute Gasteiger partial charge is 0.306 e. The number of carbonyl (C=O) groups excluding carboxylic acids is 1. The fourth-order valence-corrected chi connectivity index (χ4v) is 3.38. The van der Waals surface area contributed by atoms with Crippen molar-refractivity contribution in [2.24, 2.45) is 11.5 Å². The van der Waals surface area contributed by atoms with Crippen LogP contribution in [0.4, 0.5) is 0 Å². The topological polar surface area (TPSA) is 154 Å². The number of methoxy groups -OCH3 is 1. The summed E-state index contributed by atoms with van der Waals surface area (Å²) < 4.78 is 4.66. The van der Waals surface area contributed by atoms with E-state index < -0.39 is 0 Å². The first-order valence-electron chi connectivity index (χ1n) is 9.62. The van der Waals surface area contributed by atoms with Crippen LogP contribution in [0.3, 0.4) is 0 Å². The number of hydrogen-bond donors (Lipinski definition) is 6. The number of nitrogen functional groups attached to an aromatic ring is 2. The van der Waals surface area contributed by atoms with Crippen molar-refractivity contribution in [3.05, 3.63) is 59.2 Å². The second-order valence-corrected chi connectivity index (χ2v) is 6.97. The van der Waals surface area contributed by atoms with Crippen molar-refractivity contribution in [2.45, 2.75) is 12.8 Å². The van der Waals surface area contributed by atoms with Gasteiger partial charge in [0, 0.05) is 34.3 Å². The Labute approximate surface area is 198 Å². The molecule has 2 aromatic carbocycles. The van der Waals surface area contributed by atoms with E-state index in [1.54, 1.807) is 0 Å². The van der Waals surface area contributed by atoms with E-state index in [-0.39, 0.29) is 42.5 Å². The van der Waals surface area contributed by atoms with Gasteiger partial charge in [0.05, 0.1) is 13.5 Å². The van der Waals surface area contributed by atoms with E-state index in [4.69, 9.17) is 22.3 Å². The van der Waals surface area contributed by atoms with Crippen LogP contribution in [-0.2, 0) is 16.0 Å². The fraction of sp³-hybridized carbons (Fsp3) is 0.227. The normalized spacial score (nSPS) is 10.2. The van der Waals surface area contributed by atoms with Gasteiger partial charge < -0.3 is 26.5 Å². The zero-order valence-electron chi connectivity index (χ0n) is 17.7. The minimum atomic E-state index is -0.238. The Hall–Kier alpha value is -3.07. The van der Waals surface area contributed by atoms with E-state index in [1.807, 2.05) is 42.5 Å². The van der Waals surface area contributed by atoms with Gasteiger partial charge in [0.1, 0.15) is 11.7 Å². The summed E-state index contributed by atoms with van der Waals surface area (Å²) in [5.41, 5.74) is 16.5. The highest BCUT2D eigenvalue weighted by Gasteiger charge is 2.14. The van der Waals surface area contributed by atoms with Crippen LogP contribution in [0.15, 0.2) is 42.5 Å². The van der Waals surface area contributed by atoms with Gasteiger partial charge in [0.25, 0.3) is 0 Å². The number of H-pyrrole nitrogens is 1. The van der Waals surface area contributed by atoms with Crippen LogP contribution >= 0.6 is 24.8 Å².